The first kappa shape index (κ1) is 23.6. The Hall–Kier alpha value is -2.78. The fourth-order valence-electron chi connectivity index (χ4n) is 6.04. The van der Waals surface area contributed by atoms with E-state index in [-0.39, 0.29) is 29.4 Å². The Morgan fingerprint density at radius 3 is 2.56 bits per heavy atom. The molecule has 0 radical (unpaired) electrons. The molecule has 0 spiro atoms. The summed E-state index contributed by atoms with van der Waals surface area (Å²) in [5.41, 5.74) is 2.55. The summed E-state index contributed by atoms with van der Waals surface area (Å²) < 4.78 is 46.3. The molecule has 3 unspecified atom stereocenters. The molecule has 6 nitrogen and oxygen atoms in total. The van der Waals surface area contributed by atoms with Crippen molar-refractivity contribution in [2.24, 2.45) is 5.92 Å². The van der Waals surface area contributed by atoms with Gasteiger partial charge in [-0.15, -0.1) is 0 Å². The number of ketones is 1. The van der Waals surface area contributed by atoms with Gasteiger partial charge in [0.1, 0.15) is 11.6 Å². The van der Waals surface area contributed by atoms with E-state index in [0.29, 0.717) is 24.0 Å². The number of ether oxygens (including phenoxy) is 1. The lowest BCUT2D eigenvalue weighted by Gasteiger charge is -2.32. The molecule has 6 rings (SSSR count). The molecule has 3 atom stereocenters. The molecular weight excluding hydrogens is 465 g/mol. The van der Waals surface area contributed by atoms with Crippen molar-refractivity contribution < 1.29 is 27.6 Å². The molecule has 0 amide bonds. The number of nitrogens with zero attached hydrogens (tertiary/aromatic N) is 2. The van der Waals surface area contributed by atoms with E-state index in [4.69, 9.17) is 19.0 Å². The molecule has 3 heterocycles. The van der Waals surface area contributed by atoms with Gasteiger partial charge in [-0.05, 0) is 64.2 Å². The van der Waals surface area contributed by atoms with E-state index < -0.39 is 24.9 Å². The highest BCUT2D eigenvalue weighted by molar-refractivity contribution is 6.62. The highest BCUT2D eigenvalue weighted by Crippen LogP contribution is 2.52. The van der Waals surface area contributed by atoms with E-state index in [1.807, 2.05) is 52.8 Å². The van der Waals surface area contributed by atoms with Crippen molar-refractivity contribution in [3.63, 3.8) is 0 Å². The Bertz CT molecular complexity index is 1370. The van der Waals surface area contributed by atoms with Crippen LogP contribution in [0, 0.1) is 5.92 Å². The quantitative estimate of drug-likeness (QED) is 0.465. The molecule has 1 aliphatic carbocycles. The van der Waals surface area contributed by atoms with Gasteiger partial charge in [0.05, 0.1) is 28.3 Å². The van der Waals surface area contributed by atoms with E-state index in [1.165, 1.54) is 6.07 Å². The van der Waals surface area contributed by atoms with Crippen LogP contribution in [-0.2, 0) is 9.31 Å². The number of rotatable bonds is 4. The molecule has 2 bridgehead atoms. The third kappa shape index (κ3) is 3.28. The van der Waals surface area contributed by atoms with Crippen LogP contribution in [0.15, 0.2) is 36.4 Å². The van der Waals surface area contributed by atoms with Gasteiger partial charge in [0, 0.05) is 23.0 Å². The Balaban J connectivity index is 1.53. The number of benzene rings is 2. The maximum atomic E-state index is 13.6. The van der Waals surface area contributed by atoms with E-state index >= 15 is 0 Å². The molecule has 2 aliphatic heterocycles. The molecule has 0 saturated carbocycles. The van der Waals surface area contributed by atoms with Crippen molar-refractivity contribution in [2.45, 2.75) is 77.2 Å². The van der Waals surface area contributed by atoms with Gasteiger partial charge in [-0.2, -0.15) is 8.78 Å². The van der Waals surface area contributed by atoms with Gasteiger partial charge in [0.25, 0.3) is 0 Å². The molecule has 9 heteroatoms. The zero-order chi connectivity index (χ0) is 25.6. The van der Waals surface area contributed by atoms with Crippen LogP contribution in [-0.4, -0.2) is 40.3 Å². The van der Waals surface area contributed by atoms with E-state index in [9.17, 15) is 13.6 Å². The fourth-order valence-corrected chi connectivity index (χ4v) is 6.04. The van der Waals surface area contributed by atoms with Crippen molar-refractivity contribution in [1.29, 1.82) is 0 Å². The van der Waals surface area contributed by atoms with Gasteiger partial charge in [-0.3, -0.25) is 4.79 Å². The molecule has 3 aliphatic rings. The normalized spacial score (nSPS) is 25.8. The molecular formula is C27H29BF2N2O4. The SMILES string of the molecule is CCC1C(=O)c2cccc(OC(F)F)c2C2CC1c1nc3ccc(B4OC(C)(C)C(C)(C)O4)cc3n12. The monoisotopic (exact) mass is 494 g/mol. The predicted octanol–water partition coefficient (Wildman–Crippen LogP) is 5.24. The lowest BCUT2D eigenvalue weighted by Crippen LogP contribution is -2.41. The molecule has 2 aromatic carbocycles. The van der Waals surface area contributed by atoms with Gasteiger partial charge in [0.2, 0.25) is 0 Å². The third-order valence-corrected chi connectivity index (χ3v) is 8.53. The maximum Gasteiger partial charge on any atom is 0.494 e. The fraction of sp³-hybridized carbons (Fsp3) is 0.481. The van der Waals surface area contributed by atoms with Crippen molar-refractivity contribution >= 4 is 29.4 Å². The second-order valence-corrected chi connectivity index (χ2v) is 11.0. The summed E-state index contributed by atoms with van der Waals surface area (Å²) in [6.45, 7) is 7.05. The second kappa shape index (κ2) is 7.86. The Kier molecular flexibility index (Phi) is 5.16. The number of hydrogen-bond donors (Lipinski definition) is 0. The topological polar surface area (TPSA) is 62.6 Å². The Morgan fingerprint density at radius 1 is 1.17 bits per heavy atom. The summed E-state index contributed by atoms with van der Waals surface area (Å²) in [5, 5.41) is 0. The van der Waals surface area contributed by atoms with Crippen LogP contribution in [0.5, 0.6) is 5.75 Å². The first-order chi connectivity index (χ1) is 17.0. The predicted molar refractivity (Wildman–Crippen MR) is 132 cm³/mol. The Labute approximate surface area is 209 Å². The smallest absolute Gasteiger partial charge is 0.434 e. The van der Waals surface area contributed by atoms with Gasteiger partial charge in [-0.1, -0.05) is 25.1 Å². The summed E-state index contributed by atoms with van der Waals surface area (Å²) in [5.74, 6) is 0.450. The zero-order valence-electron chi connectivity index (χ0n) is 21.0. The highest BCUT2D eigenvalue weighted by atomic mass is 19.3. The number of carbonyl (C=O) groups excluding carboxylic acids is 1. The van der Waals surface area contributed by atoms with Gasteiger partial charge in [0.15, 0.2) is 5.78 Å². The highest BCUT2D eigenvalue weighted by Gasteiger charge is 2.52. The van der Waals surface area contributed by atoms with Crippen LogP contribution in [0.4, 0.5) is 8.78 Å². The number of alkyl halides is 2. The number of halogens is 2. The standard InChI is InChI=1S/C27H29BF2N2O4/c1-6-15-17-13-20(22-16(23(15)33)8-7-9-21(22)34-25(29)30)32-19-12-14(10-11-18(19)31-24(17)32)28-35-26(2,3)27(4,5)36-28/h7-12,15,17,20,25H,6,13H2,1-5H3. The maximum absolute atomic E-state index is 13.6. The van der Waals surface area contributed by atoms with E-state index in [0.717, 1.165) is 22.3 Å². The number of imidazole rings is 1. The van der Waals surface area contributed by atoms with Gasteiger partial charge in [-0.25, -0.2) is 4.98 Å². The summed E-state index contributed by atoms with van der Waals surface area (Å²) in [6.07, 6.45) is 1.25. The van der Waals surface area contributed by atoms with Gasteiger partial charge >= 0.3 is 13.7 Å². The first-order valence-electron chi connectivity index (χ1n) is 12.5. The number of aromatic nitrogens is 2. The van der Waals surface area contributed by atoms with Crippen molar-refractivity contribution in [3.8, 4) is 5.75 Å². The van der Waals surface area contributed by atoms with Crippen molar-refractivity contribution in [3.05, 3.63) is 53.3 Å². The number of Topliss-reactive ketones (excluding diaryl/α,β-unsaturated/α-hetero) is 1. The third-order valence-electron chi connectivity index (χ3n) is 8.53. The summed E-state index contributed by atoms with van der Waals surface area (Å²) in [6, 6.07) is 10.4. The van der Waals surface area contributed by atoms with Crippen LogP contribution in [0.3, 0.4) is 0 Å². The lowest BCUT2D eigenvalue weighted by molar-refractivity contribution is -0.0507. The number of hydrogen-bond acceptors (Lipinski definition) is 5. The van der Waals surface area contributed by atoms with Crippen LogP contribution in [0.25, 0.3) is 11.0 Å². The molecule has 3 aromatic rings. The van der Waals surface area contributed by atoms with Crippen molar-refractivity contribution in [2.75, 3.05) is 0 Å². The molecule has 0 N–H and O–H groups in total. The van der Waals surface area contributed by atoms with Gasteiger partial charge < -0.3 is 18.6 Å². The van der Waals surface area contributed by atoms with Crippen LogP contribution in [0.1, 0.15) is 81.2 Å². The van der Waals surface area contributed by atoms with Crippen LogP contribution >= 0.6 is 0 Å². The van der Waals surface area contributed by atoms with Crippen LogP contribution in [0.2, 0.25) is 0 Å². The molecule has 1 fully saturated rings. The minimum absolute atomic E-state index is 0.0315. The lowest BCUT2D eigenvalue weighted by atomic mass is 9.79. The number of fused-ring (bicyclic) bond motifs is 9. The molecule has 1 saturated heterocycles. The number of carbonyl (C=O) groups is 1. The van der Waals surface area contributed by atoms with Crippen molar-refractivity contribution in [1.82, 2.24) is 9.55 Å². The largest absolute Gasteiger partial charge is 0.494 e. The summed E-state index contributed by atoms with van der Waals surface area (Å²) in [7, 11) is -0.538. The molecule has 36 heavy (non-hydrogen) atoms. The van der Waals surface area contributed by atoms with E-state index in [1.54, 1.807) is 12.1 Å². The molecule has 1 aromatic heterocycles. The summed E-state index contributed by atoms with van der Waals surface area (Å²) >= 11 is 0. The minimum Gasteiger partial charge on any atom is -0.434 e. The summed E-state index contributed by atoms with van der Waals surface area (Å²) in [4.78, 5) is 18.5. The minimum atomic E-state index is -2.98. The average molecular weight is 494 g/mol. The Morgan fingerprint density at radius 2 is 1.89 bits per heavy atom. The second-order valence-electron chi connectivity index (χ2n) is 11.0. The first-order valence-corrected chi connectivity index (χ1v) is 12.5. The molecule has 188 valence electrons. The van der Waals surface area contributed by atoms with E-state index in [2.05, 4.69) is 4.57 Å². The van der Waals surface area contributed by atoms with Crippen LogP contribution < -0.4 is 10.2 Å². The zero-order valence-corrected chi connectivity index (χ0v) is 21.0. The average Bonchev–Trinajstić information content (AvgIpc) is 3.38.